The average Bonchev–Trinajstić information content (AvgIpc) is 2.27. The first-order valence-corrected chi connectivity index (χ1v) is 4.31. The summed E-state index contributed by atoms with van der Waals surface area (Å²) in [6.07, 6.45) is 0. The maximum atomic E-state index is 12.5. The van der Waals surface area contributed by atoms with Gasteiger partial charge < -0.3 is 4.74 Å². The zero-order chi connectivity index (χ0) is 11.4. The quantitative estimate of drug-likeness (QED) is 0.569. The van der Waals surface area contributed by atoms with Crippen LogP contribution in [0.15, 0.2) is 18.2 Å². The summed E-state index contributed by atoms with van der Waals surface area (Å²) in [6.45, 7) is 0.916. The topological polar surface area (TPSA) is 52.4 Å². The van der Waals surface area contributed by atoms with Gasteiger partial charge in [0.05, 0.1) is 18.7 Å². The smallest absolute Gasteiger partial charge is 0.269 e. The summed E-state index contributed by atoms with van der Waals surface area (Å²) >= 11 is 0. The van der Waals surface area contributed by atoms with Gasteiger partial charge in [-0.3, -0.25) is 14.5 Å². The van der Waals surface area contributed by atoms with Gasteiger partial charge in [-0.25, -0.2) is 0 Å². The van der Waals surface area contributed by atoms with E-state index in [1.165, 1.54) is 25.3 Å². The first-order valence-electron chi connectivity index (χ1n) is 4.31. The second-order valence-electron chi connectivity index (χ2n) is 3.06. The standard InChI is InChI=1S/C10H11FNO3/c1-7(6-11)9-5-8(12(13)14)3-4-10(9)15-2/h3-5H,6H2,1-2H3. The molecule has 0 saturated carbocycles. The van der Waals surface area contributed by atoms with Gasteiger partial charge in [-0.2, -0.15) is 0 Å². The van der Waals surface area contributed by atoms with E-state index in [0.717, 1.165) is 0 Å². The Morgan fingerprint density at radius 2 is 2.27 bits per heavy atom. The molecule has 0 atom stereocenters. The molecular weight excluding hydrogens is 201 g/mol. The van der Waals surface area contributed by atoms with Gasteiger partial charge in [0.15, 0.2) is 0 Å². The van der Waals surface area contributed by atoms with Crippen molar-refractivity contribution in [3.8, 4) is 5.75 Å². The largest absolute Gasteiger partial charge is 0.496 e. The summed E-state index contributed by atoms with van der Waals surface area (Å²) in [4.78, 5) is 10.0. The summed E-state index contributed by atoms with van der Waals surface area (Å²) in [5.74, 6) is 0.853. The zero-order valence-electron chi connectivity index (χ0n) is 8.49. The molecule has 1 aromatic carbocycles. The Morgan fingerprint density at radius 3 is 2.73 bits per heavy atom. The molecule has 81 valence electrons. The van der Waals surface area contributed by atoms with Gasteiger partial charge in [0, 0.05) is 23.6 Å². The SMILES string of the molecule is COc1ccc([N+](=O)[O-])cc1[C](C)CF. The lowest BCUT2D eigenvalue weighted by molar-refractivity contribution is -0.384. The first kappa shape index (κ1) is 11.4. The van der Waals surface area contributed by atoms with Crippen LogP contribution in [0.25, 0.3) is 0 Å². The number of halogens is 1. The fourth-order valence-electron chi connectivity index (χ4n) is 1.22. The maximum Gasteiger partial charge on any atom is 0.269 e. The lowest BCUT2D eigenvalue weighted by Crippen LogP contribution is -2.01. The van der Waals surface area contributed by atoms with Crippen LogP contribution in [0, 0.1) is 16.0 Å². The molecule has 4 nitrogen and oxygen atoms in total. The molecule has 0 bridgehead atoms. The molecule has 0 heterocycles. The van der Waals surface area contributed by atoms with E-state index in [2.05, 4.69) is 0 Å². The van der Waals surface area contributed by atoms with Crippen molar-refractivity contribution in [1.82, 2.24) is 0 Å². The van der Waals surface area contributed by atoms with Crippen LogP contribution in [0.4, 0.5) is 10.1 Å². The van der Waals surface area contributed by atoms with Gasteiger partial charge in [-0.05, 0) is 6.07 Å². The van der Waals surface area contributed by atoms with Crippen LogP contribution < -0.4 is 4.74 Å². The number of nitrogens with zero attached hydrogens (tertiary/aromatic N) is 1. The highest BCUT2D eigenvalue weighted by molar-refractivity contribution is 5.50. The van der Waals surface area contributed by atoms with Gasteiger partial charge in [0.1, 0.15) is 5.75 Å². The summed E-state index contributed by atoms with van der Waals surface area (Å²) in [6, 6.07) is 4.11. The van der Waals surface area contributed by atoms with Crippen molar-refractivity contribution in [1.29, 1.82) is 0 Å². The van der Waals surface area contributed by atoms with Crippen LogP contribution in [0.5, 0.6) is 5.75 Å². The number of nitro groups is 1. The average molecular weight is 212 g/mol. The minimum atomic E-state index is -0.655. The predicted molar refractivity (Wildman–Crippen MR) is 53.6 cm³/mol. The van der Waals surface area contributed by atoms with Gasteiger partial charge in [-0.1, -0.05) is 6.92 Å². The van der Waals surface area contributed by atoms with E-state index in [-0.39, 0.29) is 5.69 Å². The number of benzene rings is 1. The predicted octanol–water partition coefficient (Wildman–Crippen LogP) is 2.52. The van der Waals surface area contributed by atoms with Crippen molar-refractivity contribution in [3.63, 3.8) is 0 Å². The summed E-state index contributed by atoms with van der Waals surface area (Å²) in [7, 11) is 1.44. The number of non-ortho nitro benzene ring substituents is 1. The maximum absolute atomic E-state index is 12.5. The Kier molecular flexibility index (Phi) is 3.60. The highest BCUT2D eigenvalue weighted by Crippen LogP contribution is 2.29. The lowest BCUT2D eigenvalue weighted by Gasteiger charge is -2.11. The second-order valence-corrected chi connectivity index (χ2v) is 3.06. The Bertz CT molecular complexity index is 368. The third-order valence-electron chi connectivity index (χ3n) is 2.05. The normalized spacial score (nSPS) is 10.4. The van der Waals surface area contributed by atoms with Gasteiger partial charge >= 0.3 is 0 Å². The molecule has 0 unspecified atom stereocenters. The summed E-state index contributed by atoms with van der Waals surface area (Å²) in [5, 5.41) is 10.5. The minimum absolute atomic E-state index is 0.0707. The number of hydrogen-bond acceptors (Lipinski definition) is 3. The van der Waals surface area contributed by atoms with Crippen LogP contribution in [0.3, 0.4) is 0 Å². The molecule has 1 radical (unpaired) electrons. The second kappa shape index (κ2) is 4.72. The monoisotopic (exact) mass is 212 g/mol. The molecule has 0 N–H and O–H groups in total. The van der Waals surface area contributed by atoms with Crippen LogP contribution in [0.1, 0.15) is 12.5 Å². The molecule has 15 heavy (non-hydrogen) atoms. The molecule has 0 aliphatic carbocycles. The van der Waals surface area contributed by atoms with Gasteiger partial charge in [-0.15, -0.1) is 0 Å². The van der Waals surface area contributed by atoms with Crippen molar-refractivity contribution < 1.29 is 14.1 Å². The van der Waals surface area contributed by atoms with E-state index in [0.29, 0.717) is 17.2 Å². The van der Waals surface area contributed by atoms with E-state index in [4.69, 9.17) is 4.74 Å². The third kappa shape index (κ3) is 2.43. The summed E-state index contributed by atoms with van der Waals surface area (Å²) in [5.41, 5.74) is 0.368. The Hall–Kier alpha value is -1.65. The van der Waals surface area contributed by atoms with Crippen LogP contribution >= 0.6 is 0 Å². The van der Waals surface area contributed by atoms with Gasteiger partial charge in [0.25, 0.3) is 5.69 Å². The number of rotatable bonds is 4. The van der Waals surface area contributed by atoms with Crippen LogP contribution in [0.2, 0.25) is 0 Å². The molecule has 0 aliphatic heterocycles. The Labute approximate surface area is 86.8 Å². The number of ether oxygens (including phenoxy) is 1. The summed E-state index contributed by atoms with van der Waals surface area (Å²) < 4.78 is 17.5. The molecule has 0 aliphatic rings. The van der Waals surface area contributed by atoms with Crippen molar-refractivity contribution in [2.75, 3.05) is 13.8 Å². The van der Waals surface area contributed by atoms with E-state index in [1.807, 2.05) is 0 Å². The van der Waals surface area contributed by atoms with Crippen molar-refractivity contribution in [2.45, 2.75) is 6.92 Å². The number of hydrogen-bond donors (Lipinski definition) is 0. The molecule has 0 spiro atoms. The van der Waals surface area contributed by atoms with E-state index in [9.17, 15) is 14.5 Å². The number of methoxy groups -OCH3 is 1. The fourth-order valence-corrected chi connectivity index (χ4v) is 1.22. The van der Waals surface area contributed by atoms with Crippen LogP contribution in [-0.2, 0) is 0 Å². The molecule has 0 amide bonds. The highest BCUT2D eigenvalue weighted by atomic mass is 19.1. The lowest BCUT2D eigenvalue weighted by atomic mass is 10.0. The van der Waals surface area contributed by atoms with Gasteiger partial charge in [0.2, 0.25) is 0 Å². The molecular formula is C10H11FNO3. The fraction of sp³-hybridized carbons (Fsp3) is 0.300. The van der Waals surface area contributed by atoms with Crippen molar-refractivity contribution >= 4 is 5.69 Å². The molecule has 1 aromatic rings. The molecule has 5 heteroatoms. The Morgan fingerprint density at radius 1 is 1.60 bits per heavy atom. The van der Waals surface area contributed by atoms with E-state index < -0.39 is 11.6 Å². The van der Waals surface area contributed by atoms with E-state index >= 15 is 0 Å². The molecule has 0 fully saturated rings. The Balaban J connectivity index is 3.18. The first-order chi connectivity index (χ1) is 7.10. The van der Waals surface area contributed by atoms with E-state index in [1.54, 1.807) is 6.92 Å². The minimum Gasteiger partial charge on any atom is -0.496 e. The third-order valence-corrected chi connectivity index (χ3v) is 2.05. The number of nitro benzene ring substituents is 1. The zero-order valence-corrected chi connectivity index (χ0v) is 8.49. The molecule has 1 rings (SSSR count). The van der Waals surface area contributed by atoms with Crippen LogP contribution in [-0.4, -0.2) is 18.7 Å². The molecule has 0 saturated heterocycles. The van der Waals surface area contributed by atoms with Crippen molar-refractivity contribution in [3.05, 3.63) is 39.8 Å². The number of alkyl halides is 1. The molecule has 0 aromatic heterocycles. The van der Waals surface area contributed by atoms with Crippen molar-refractivity contribution in [2.24, 2.45) is 0 Å². The highest BCUT2D eigenvalue weighted by Gasteiger charge is 2.16.